The number of benzene rings is 1. The lowest BCUT2D eigenvalue weighted by Crippen LogP contribution is -2.35. The number of carbonyl (C=O) groups excluding carboxylic acids is 2. The van der Waals surface area contributed by atoms with E-state index in [2.05, 4.69) is 4.98 Å². The molecule has 142 valence electrons. The van der Waals surface area contributed by atoms with Gasteiger partial charge in [0.2, 0.25) is 0 Å². The van der Waals surface area contributed by atoms with Crippen LogP contribution in [0.25, 0.3) is 0 Å². The molecule has 2 aliphatic rings. The molecule has 3 heterocycles. The molecule has 0 unspecified atom stereocenters. The molecule has 1 aromatic carbocycles. The summed E-state index contributed by atoms with van der Waals surface area (Å²) in [4.78, 5) is 31.7. The molecule has 4 rings (SSSR count). The maximum absolute atomic E-state index is 14.5. The highest BCUT2D eigenvalue weighted by atomic mass is 19.1. The second kappa shape index (κ2) is 7.18. The molecule has 27 heavy (non-hydrogen) atoms. The lowest BCUT2D eigenvalue weighted by molar-refractivity contribution is 0.0787. The first-order chi connectivity index (χ1) is 13.0. The topological polar surface area (TPSA) is 56.4 Å². The van der Waals surface area contributed by atoms with E-state index in [1.54, 1.807) is 17.2 Å². The van der Waals surface area contributed by atoms with Crippen molar-refractivity contribution < 1.29 is 14.0 Å². The summed E-state index contributed by atoms with van der Waals surface area (Å²) in [6.07, 6.45) is 5.36. The van der Waals surface area contributed by atoms with E-state index in [1.165, 1.54) is 6.07 Å². The number of aromatic amines is 1. The van der Waals surface area contributed by atoms with Gasteiger partial charge >= 0.3 is 0 Å². The van der Waals surface area contributed by atoms with Crippen molar-refractivity contribution in [1.82, 2.24) is 9.88 Å². The first-order valence-corrected chi connectivity index (χ1v) is 9.58. The molecule has 1 N–H and O–H groups in total. The summed E-state index contributed by atoms with van der Waals surface area (Å²) in [5.41, 5.74) is 3.32. The van der Waals surface area contributed by atoms with Crippen LogP contribution < -0.4 is 4.90 Å². The van der Waals surface area contributed by atoms with E-state index in [4.69, 9.17) is 0 Å². The van der Waals surface area contributed by atoms with Crippen molar-refractivity contribution >= 4 is 17.4 Å². The summed E-state index contributed by atoms with van der Waals surface area (Å²) in [6, 6.07) is 5.14. The second-order valence-electron chi connectivity index (χ2n) is 7.50. The van der Waals surface area contributed by atoms with Crippen molar-refractivity contribution in [3.8, 4) is 0 Å². The van der Waals surface area contributed by atoms with E-state index >= 15 is 0 Å². The molecule has 0 spiro atoms. The average molecular weight is 369 g/mol. The lowest BCUT2D eigenvalue weighted by atomic mass is 9.98. The summed E-state index contributed by atoms with van der Waals surface area (Å²) < 4.78 is 14.5. The van der Waals surface area contributed by atoms with Gasteiger partial charge < -0.3 is 14.8 Å². The summed E-state index contributed by atoms with van der Waals surface area (Å²) in [7, 11) is 0. The first-order valence-electron chi connectivity index (χ1n) is 9.58. The van der Waals surface area contributed by atoms with Crippen molar-refractivity contribution in [3.63, 3.8) is 0 Å². The van der Waals surface area contributed by atoms with Gasteiger partial charge in [-0.2, -0.15) is 0 Å². The van der Waals surface area contributed by atoms with Crippen LogP contribution in [0.5, 0.6) is 0 Å². The van der Waals surface area contributed by atoms with Crippen LogP contribution in [0.4, 0.5) is 10.1 Å². The third-order valence-electron chi connectivity index (χ3n) is 5.44. The second-order valence-corrected chi connectivity index (χ2v) is 7.50. The summed E-state index contributed by atoms with van der Waals surface area (Å²) in [6.45, 7) is 4.19. The number of aromatic nitrogens is 1. The Morgan fingerprint density at radius 3 is 2.67 bits per heavy atom. The molecule has 1 fully saturated rings. The van der Waals surface area contributed by atoms with E-state index in [9.17, 15) is 14.0 Å². The zero-order valence-electron chi connectivity index (χ0n) is 15.6. The van der Waals surface area contributed by atoms with Gasteiger partial charge in [-0.1, -0.05) is 6.07 Å². The predicted molar refractivity (Wildman–Crippen MR) is 102 cm³/mol. The zero-order valence-corrected chi connectivity index (χ0v) is 15.6. The highest BCUT2D eigenvalue weighted by Gasteiger charge is 2.25. The van der Waals surface area contributed by atoms with Crippen LogP contribution in [0.2, 0.25) is 0 Å². The molecule has 0 aliphatic carbocycles. The molecule has 0 atom stereocenters. The first kappa shape index (κ1) is 17.8. The number of hydrogen-bond acceptors (Lipinski definition) is 3. The summed E-state index contributed by atoms with van der Waals surface area (Å²) in [5.74, 6) is -0.438. The van der Waals surface area contributed by atoms with E-state index in [0.29, 0.717) is 23.5 Å². The predicted octanol–water partition coefficient (Wildman–Crippen LogP) is 3.33. The smallest absolute Gasteiger partial charge is 0.270 e. The molecule has 1 saturated heterocycles. The number of nitrogens with one attached hydrogen (secondary N) is 1. The SMILES string of the molecule is Cc1cc(F)c2c(c1)CCCN2CC(=O)c1c[nH]c(C(=O)N2CCCC2)c1. The van der Waals surface area contributed by atoms with Gasteiger partial charge in [-0.25, -0.2) is 4.39 Å². The number of hydrogen-bond donors (Lipinski definition) is 1. The Labute approximate surface area is 158 Å². The highest BCUT2D eigenvalue weighted by molar-refractivity contribution is 6.02. The van der Waals surface area contributed by atoms with Crippen molar-refractivity contribution in [3.05, 3.63) is 52.6 Å². The van der Waals surface area contributed by atoms with Gasteiger partial charge in [0.05, 0.1) is 12.2 Å². The molecular weight excluding hydrogens is 345 g/mol. The Hall–Kier alpha value is -2.63. The minimum atomic E-state index is -0.267. The fourth-order valence-corrected chi connectivity index (χ4v) is 4.12. The molecule has 1 aromatic heterocycles. The van der Waals surface area contributed by atoms with Crippen LogP contribution >= 0.6 is 0 Å². The number of anilines is 1. The van der Waals surface area contributed by atoms with Gasteiger partial charge in [0.15, 0.2) is 5.78 Å². The van der Waals surface area contributed by atoms with Crippen molar-refractivity contribution in [1.29, 1.82) is 0 Å². The number of aryl methyl sites for hydroxylation is 2. The van der Waals surface area contributed by atoms with Gasteiger partial charge in [-0.05, 0) is 55.9 Å². The number of halogens is 1. The summed E-state index contributed by atoms with van der Waals surface area (Å²) in [5, 5.41) is 0. The van der Waals surface area contributed by atoms with Gasteiger partial charge in [0, 0.05) is 31.4 Å². The Bertz CT molecular complexity index is 884. The maximum atomic E-state index is 14.5. The van der Waals surface area contributed by atoms with Gasteiger partial charge in [0.25, 0.3) is 5.91 Å². The Kier molecular flexibility index (Phi) is 4.72. The van der Waals surface area contributed by atoms with Gasteiger partial charge in [-0.15, -0.1) is 0 Å². The fourth-order valence-electron chi connectivity index (χ4n) is 4.12. The van der Waals surface area contributed by atoms with Crippen molar-refractivity contribution in [2.24, 2.45) is 0 Å². The fraction of sp³-hybridized carbons (Fsp3) is 0.429. The number of amides is 1. The maximum Gasteiger partial charge on any atom is 0.270 e. The van der Waals surface area contributed by atoms with E-state index in [-0.39, 0.29) is 24.1 Å². The van der Waals surface area contributed by atoms with Crippen LogP contribution in [0.1, 0.15) is 51.2 Å². The third-order valence-corrected chi connectivity index (χ3v) is 5.44. The number of carbonyl (C=O) groups is 2. The number of ketones is 1. The number of Topliss-reactive ketones (excluding diaryl/α,β-unsaturated/α-hetero) is 1. The number of fused-ring (bicyclic) bond motifs is 1. The van der Waals surface area contributed by atoms with Crippen LogP contribution in [0.15, 0.2) is 24.4 Å². The minimum absolute atomic E-state index is 0.0589. The monoisotopic (exact) mass is 369 g/mol. The van der Waals surface area contributed by atoms with Crippen LogP contribution in [0.3, 0.4) is 0 Å². The molecule has 2 aliphatic heterocycles. The van der Waals surface area contributed by atoms with E-state index < -0.39 is 0 Å². The lowest BCUT2D eigenvalue weighted by Gasteiger charge is -2.31. The summed E-state index contributed by atoms with van der Waals surface area (Å²) >= 11 is 0. The van der Waals surface area contributed by atoms with E-state index in [1.807, 2.05) is 17.9 Å². The number of likely N-dealkylation sites (tertiary alicyclic amines) is 1. The molecular formula is C21H24FN3O2. The zero-order chi connectivity index (χ0) is 19.0. The standard InChI is InChI=1S/C21H24FN3O2/c1-14-9-15-5-4-8-25(20(15)17(22)10-14)13-19(26)16-11-18(23-12-16)21(27)24-6-2-3-7-24/h9-12,23H,2-8,13H2,1H3. The minimum Gasteiger partial charge on any atom is -0.361 e. The van der Waals surface area contributed by atoms with Gasteiger partial charge in [0.1, 0.15) is 11.5 Å². The number of H-pyrrole nitrogens is 1. The molecule has 0 radical (unpaired) electrons. The van der Waals surface area contributed by atoms with E-state index in [0.717, 1.165) is 49.9 Å². The highest BCUT2D eigenvalue weighted by Crippen LogP contribution is 2.31. The van der Waals surface area contributed by atoms with Crippen molar-refractivity contribution in [2.75, 3.05) is 31.1 Å². The molecule has 6 heteroatoms. The van der Waals surface area contributed by atoms with Gasteiger partial charge in [-0.3, -0.25) is 9.59 Å². The molecule has 5 nitrogen and oxygen atoms in total. The Balaban J connectivity index is 1.50. The van der Waals surface area contributed by atoms with Crippen LogP contribution in [-0.2, 0) is 6.42 Å². The number of nitrogens with zero attached hydrogens (tertiary/aromatic N) is 2. The molecule has 2 aromatic rings. The third kappa shape index (κ3) is 3.48. The van der Waals surface area contributed by atoms with Crippen LogP contribution in [0, 0.1) is 12.7 Å². The van der Waals surface area contributed by atoms with Crippen molar-refractivity contribution in [2.45, 2.75) is 32.6 Å². The Morgan fingerprint density at radius 1 is 1.11 bits per heavy atom. The number of rotatable bonds is 4. The normalized spacial score (nSPS) is 16.5. The van der Waals surface area contributed by atoms with Crippen LogP contribution in [-0.4, -0.2) is 47.8 Å². The molecule has 0 saturated carbocycles. The molecule has 0 bridgehead atoms. The average Bonchev–Trinajstić information content (AvgIpc) is 3.33. The largest absolute Gasteiger partial charge is 0.361 e. The quantitative estimate of drug-likeness (QED) is 0.841. The molecule has 1 amide bonds. The Morgan fingerprint density at radius 2 is 1.89 bits per heavy atom.